The number of hydrogen-bond acceptors (Lipinski definition) is 5. The minimum Gasteiger partial charge on any atom is -0.462 e. The van der Waals surface area contributed by atoms with Gasteiger partial charge in [0.15, 0.2) is 0 Å². The first kappa shape index (κ1) is 19.3. The standard InChI is InChI=1S/C21H18N2O4S/c1-2-27-21(26)14-8-10-16(11-9-14)22-19(24)15-5-3-6-17(13-15)23-20(25)18-7-4-12-28-18/h3-13H,2H2,1H3,(H,22,24)(H,23,25). The van der Waals surface area contributed by atoms with Gasteiger partial charge in [-0.05, 0) is 60.8 Å². The van der Waals surface area contributed by atoms with Gasteiger partial charge in [0, 0.05) is 16.9 Å². The molecule has 7 heteroatoms. The van der Waals surface area contributed by atoms with Crippen molar-refractivity contribution >= 4 is 40.5 Å². The Balaban J connectivity index is 1.66. The Labute approximate surface area is 166 Å². The summed E-state index contributed by atoms with van der Waals surface area (Å²) in [5.74, 6) is -0.951. The Hall–Kier alpha value is -3.45. The van der Waals surface area contributed by atoms with Crippen LogP contribution < -0.4 is 10.6 Å². The van der Waals surface area contributed by atoms with Gasteiger partial charge in [0.1, 0.15) is 0 Å². The van der Waals surface area contributed by atoms with E-state index in [1.165, 1.54) is 11.3 Å². The van der Waals surface area contributed by atoms with Crippen molar-refractivity contribution in [2.45, 2.75) is 6.92 Å². The van der Waals surface area contributed by atoms with E-state index in [1.807, 2.05) is 5.38 Å². The molecule has 0 aliphatic carbocycles. The van der Waals surface area contributed by atoms with Crippen molar-refractivity contribution in [1.82, 2.24) is 0 Å². The molecule has 0 atom stereocenters. The lowest BCUT2D eigenvalue weighted by molar-refractivity contribution is 0.0526. The van der Waals surface area contributed by atoms with Gasteiger partial charge in [0.05, 0.1) is 17.0 Å². The molecule has 2 amide bonds. The molecular weight excluding hydrogens is 376 g/mol. The molecule has 28 heavy (non-hydrogen) atoms. The number of esters is 1. The molecule has 1 aromatic heterocycles. The highest BCUT2D eigenvalue weighted by Gasteiger charge is 2.11. The molecular formula is C21H18N2O4S. The predicted octanol–water partition coefficient (Wildman–Crippen LogP) is 4.43. The molecule has 0 aliphatic heterocycles. The summed E-state index contributed by atoms with van der Waals surface area (Å²) in [5.41, 5.74) is 1.89. The molecule has 0 saturated carbocycles. The Morgan fingerprint density at radius 2 is 1.61 bits per heavy atom. The summed E-state index contributed by atoms with van der Waals surface area (Å²) < 4.78 is 4.93. The van der Waals surface area contributed by atoms with Crippen LogP contribution in [0.1, 0.15) is 37.3 Å². The number of amides is 2. The molecule has 0 saturated heterocycles. The third kappa shape index (κ3) is 4.83. The van der Waals surface area contributed by atoms with Crippen LogP contribution in [0.5, 0.6) is 0 Å². The summed E-state index contributed by atoms with van der Waals surface area (Å²) in [4.78, 5) is 36.9. The molecule has 6 nitrogen and oxygen atoms in total. The number of carbonyl (C=O) groups excluding carboxylic acids is 3. The molecule has 0 unspecified atom stereocenters. The number of hydrogen-bond donors (Lipinski definition) is 2. The van der Waals surface area contributed by atoms with E-state index in [0.29, 0.717) is 34.0 Å². The van der Waals surface area contributed by atoms with Crippen molar-refractivity contribution in [2.24, 2.45) is 0 Å². The molecule has 3 rings (SSSR count). The van der Waals surface area contributed by atoms with Crippen molar-refractivity contribution in [3.05, 3.63) is 82.0 Å². The van der Waals surface area contributed by atoms with E-state index < -0.39 is 5.97 Å². The van der Waals surface area contributed by atoms with Gasteiger partial charge < -0.3 is 15.4 Å². The third-order valence-corrected chi connectivity index (χ3v) is 4.65. The fourth-order valence-corrected chi connectivity index (χ4v) is 3.06. The number of carbonyl (C=O) groups is 3. The molecule has 0 radical (unpaired) electrons. The van der Waals surface area contributed by atoms with Gasteiger partial charge >= 0.3 is 5.97 Å². The highest BCUT2D eigenvalue weighted by Crippen LogP contribution is 2.17. The molecule has 3 aromatic rings. The van der Waals surface area contributed by atoms with E-state index in [0.717, 1.165) is 0 Å². The molecule has 2 aromatic carbocycles. The molecule has 0 bridgehead atoms. The topological polar surface area (TPSA) is 84.5 Å². The van der Waals surface area contributed by atoms with Crippen LogP contribution in [0.15, 0.2) is 66.0 Å². The van der Waals surface area contributed by atoms with Crippen LogP contribution in [0.4, 0.5) is 11.4 Å². The average molecular weight is 394 g/mol. The van der Waals surface area contributed by atoms with E-state index in [4.69, 9.17) is 4.74 Å². The maximum Gasteiger partial charge on any atom is 0.338 e. The second-order valence-corrected chi connectivity index (χ2v) is 6.71. The summed E-state index contributed by atoms with van der Waals surface area (Å²) in [7, 11) is 0. The molecule has 142 valence electrons. The number of benzene rings is 2. The number of ether oxygens (including phenoxy) is 1. The Bertz CT molecular complexity index is 982. The fourth-order valence-electron chi connectivity index (χ4n) is 2.45. The smallest absolute Gasteiger partial charge is 0.338 e. The minimum atomic E-state index is -0.408. The molecule has 0 aliphatic rings. The lowest BCUT2D eigenvalue weighted by atomic mass is 10.1. The van der Waals surface area contributed by atoms with Gasteiger partial charge in [0.2, 0.25) is 0 Å². The highest BCUT2D eigenvalue weighted by atomic mass is 32.1. The zero-order valence-corrected chi connectivity index (χ0v) is 15.9. The second-order valence-electron chi connectivity index (χ2n) is 5.76. The SMILES string of the molecule is CCOC(=O)c1ccc(NC(=O)c2cccc(NC(=O)c3cccs3)c2)cc1. The fraction of sp³-hybridized carbons (Fsp3) is 0.0952. The van der Waals surface area contributed by atoms with Crippen LogP contribution >= 0.6 is 11.3 Å². The number of rotatable bonds is 6. The van der Waals surface area contributed by atoms with Crippen LogP contribution in [0, 0.1) is 0 Å². The average Bonchev–Trinajstić information content (AvgIpc) is 3.24. The van der Waals surface area contributed by atoms with Crippen LogP contribution in [0.2, 0.25) is 0 Å². The first-order chi connectivity index (χ1) is 13.6. The number of nitrogens with one attached hydrogen (secondary N) is 2. The largest absolute Gasteiger partial charge is 0.462 e. The zero-order valence-electron chi connectivity index (χ0n) is 15.1. The summed E-state index contributed by atoms with van der Waals surface area (Å²) in [6.07, 6.45) is 0. The minimum absolute atomic E-state index is 0.220. The van der Waals surface area contributed by atoms with Crippen molar-refractivity contribution in [3.63, 3.8) is 0 Å². The van der Waals surface area contributed by atoms with E-state index in [-0.39, 0.29) is 11.8 Å². The first-order valence-corrected chi connectivity index (χ1v) is 9.48. The third-order valence-electron chi connectivity index (χ3n) is 3.78. The molecule has 0 spiro atoms. The lowest BCUT2D eigenvalue weighted by Gasteiger charge is -2.09. The summed E-state index contributed by atoms with van der Waals surface area (Å²) >= 11 is 1.34. The van der Waals surface area contributed by atoms with E-state index >= 15 is 0 Å². The Kier molecular flexibility index (Phi) is 6.18. The van der Waals surface area contributed by atoms with Gasteiger partial charge in [-0.3, -0.25) is 9.59 Å². The second kappa shape index (κ2) is 8.96. The van der Waals surface area contributed by atoms with E-state index in [1.54, 1.807) is 67.6 Å². The Morgan fingerprint density at radius 1 is 0.857 bits per heavy atom. The van der Waals surface area contributed by atoms with E-state index in [2.05, 4.69) is 10.6 Å². The molecule has 0 fully saturated rings. The Morgan fingerprint density at radius 3 is 2.29 bits per heavy atom. The van der Waals surface area contributed by atoms with Crippen LogP contribution in [-0.2, 0) is 4.74 Å². The summed E-state index contributed by atoms with van der Waals surface area (Å²) in [6, 6.07) is 16.7. The normalized spacial score (nSPS) is 10.2. The number of thiophene rings is 1. The van der Waals surface area contributed by atoms with Gasteiger partial charge in [-0.2, -0.15) is 0 Å². The molecule has 1 heterocycles. The van der Waals surface area contributed by atoms with Crippen LogP contribution in [0.3, 0.4) is 0 Å². The summed E-state index contributed by atoms with van der Waals surface area (Å²) in [6.45, 7) is 2.04. The molecule has 2 N–H and O–H groups in total. The monoisotopic (exact) mass is 394 g/mol. The van der Waals surface area contributed by atoms with Gasteiger partial charge in [-0.15, -0.1) is 11.3 Å². The first-order valence-electron chi connectivity index (χ1n) is 8.60. The van der Waals surface area contributed by atoms with Gasteiger partial charge in [-0.1, -0.05) is 12.1 Å². The zero-order chi connectivity index (χ0) is 19.9. The number of anilines is 2. The highest BCUT2D eigenvalue weighted by molar-refractivity contribution is 7.12. The lowest BCUT2D eigenvalue weighted by Crippen LogP contribution is -2.14. The van der Waals surface area contributed by atoms with E-state index in [9.17, 15) is 14.4 Å². The van der Waals surface area contributed by atoms with Crippen molar-refractivity contribution in [3.8, 4) is 0 Å². The maximum absolute atomic E-state index is 12.5. The van der Waals surface area contributed by atoms with Crippen molar-refractivity contribution < 1.29 is 19.1 Å². The summed E-state index contributed by atoms with van der Waals surface area (Å²) in [5, 5.41) is 7.36. The van der Waals surface area contributed by atoms with Crippen molar-refractivity contribution in [1.29, 1.82) is 0 Å². The van der Waals surface area contributed by atoms with Crippen LogP contribution in [-0.4, -0.2) is 24.4 Å². The maximum atomic E-state index is 12.5. The van der Waals surface area contributed by atoms with Gasteiger partial charge in [-0.25, -0.2) is 4.79 Å². The van der Waals surface area contributed by atoms with Gasteiger partial charge in [0.25, 0.3) is 11.8 Å². The van der Waals surface area contributed by atoms with Crippen molar-refractivity contribution in [2.75, 3.05) is 17.2 Å². The predicted molar refractivity (Wildman–Crippen MR) is 109 cm³/mol. The van der Waals surface area contributed by atoms with Crippen LogP contribution in [0.25, 0.3) is 0 Å². The quantitative estimate of drug-likeness (QED) is 0.606.